The summed E-state index contributed by atoms with van der Waals surface area (Å²) in [5.74, 6) is -0.285. The highest BCUT2D eigenvalue weighted by Crippen LogP contribution is 2.39. The lowest BCUT2D eigenvalue weighted by Crippen LogP contribution is -2.37. The van der Waals surface area contributed by atoms with E-state index in [1.807, 2.05) is 18.8 Å². The van der Waals surface area contributed by atoms with E-state index in [9.17, 15) is 4.39 Å². The third-order valence-corrected chi connectivity index (χ3v) is 5.75. The summed E-state index contributed by atoms with van der Waals surface area (Å²) in [4.78, 5) is 1.37. The van der Waals surface area contributed by atoms with Crippen LogP contribution in [0.5, 0.6) is 0 Å². The number of thioether (sulfide) groups is 1. The Balaban J connectivity index is 1.75. The molecule has 0 aromatic heterocycles. The van der Waals surface area contributed by atoms with Gasteiger partial charge in [0.1, 0.15) is 5.82 Å². The van der Waals surface area contributed by atoms with E-state index < -0.39 is 0 Å². The monoisotopic (exact) mass is 321 g/mol. The molecule has 0 spiro atoms. The molecule has 1 N–H and O–H groups in total. The van der Waals surface area contributed by atoms with E-state index in [4.69, 9.17) is 11.6 Å². The van der Waals surface area contributed by atoms with Crippen molar-refractivity contribution in [3.63, 3.8) is 0 Å². The van der Waals surface area contributed by atoms with Gasteiger partial charge in [-0.2, -0.15) is 0 Å². The standard InChI is InChI=1S/C17H17ClFNS/c1-20-15(8-11-6-7-13(19)10-14(11)18)17-9-12-4-2-3-5-16(12)21-17/h2-7,10,15,17,20H,8-9H2,1H3. The molecule has 2 atom stereocenters. The second kappa shape index (κ2) is 6.39. The minimum Gasteiger partial charge on any atom is -0.316 e. The number of hydrogen-bond acceptors (Lipinski definition) is 2. The predicted molar refractivity (Wildman–Crippen MR) is 87.8 cm³/mol. The van der Waals surface area contributed by atoms with Crippen LogP contribution in [0.25, 0.3) is 0 Å². The van der Waals surface area contributed by atoms with Crippen LogP contribution in [-0.4, -0.2) is 18.3 Å². The quantitative estimate of drug-likeness (QED) is 0.899. The minimum absolute atomic E-state index is 0.285. The fourth-order valence-electron chi connectivity index (χ4n) is 2.78. The summed E-state index contributed by atoms with van der Waals surface area (Å²) in [6.07, 6.45) is 1.87. The smallest absolute Gasteiger partial charge is 0.124 e. The van der Waals surface area contributed by atoms with Crippen LogP contribution in [0.4, 0.5) is 4.39 Å². The van der Waals surface area contributed by atoms with Crippen molar-refractivity contribution in [2.75, 3.05) is 7.05 Å². The van der Waals surface area contributed by atoms with Gasteiger partial charge in [-0.1, -0.05) is 35.9 Å². The third kappa shape index (κ3) is 3.25. The number of hydrogen-bond donors (Lipinski definition) is 1. The molecule has 0 bridgehead atoms. The third-order valence-electron chi connectivity index (χ3n) is 3.95. The van der Waals surface area contributed by atoms with E-state index in [2.05, 4.69) is 29.6 Å². The Bertz CT molecular complexity index is 621. The van der Waals surface area contributed by atoms with E-state index >= 15 is 0 Å². The summed E-state index contributed by atoms with van der Waals surface area (Å²) in [5.41, 5.74) is 2.41. The minimum atomic E-state index is -0.285. The van der Waals surface area contributed by atoms with Gasteiger partial charge < -0.3 is 5.32 Å². The molecule has 4 heteroatoms. The molecule has 1 nitrogen and oxygen atoms in total. The first kappa shape index (κ1) is 14.9. The van der Waals surface area contributed by atoms with Crippen molar-refractivity contribution in [2.45, 2.75) is 29.0 Å². The van der Waals surface area contributed by atoms with Crippen LogP contribution >= 0.6 is 23.4 Å². The highest BCUT2D eigenvalue weighted by molar-refractivity contribution is 8.00. The van der Waals surface area contributed by atoms with Gasteiger partial charge in [0.25, 0.3) is 0 Å². The number of likely N-dealkylation sites (N-methyl/N-ethyl adjacent to an activating group) is 1. The molecular formula is C17H17ClFNS. The van der Waals surface area contributed by atoms with Crippen LogP contribution in [0.2, 0.25) is 5.02 Å². The second-order valence-electron chi connectivity index (χ2n) is 5.30. The average Bonchev–Trinajstić information content (AvgIpc) is 2.90. The number of benzene rings is 2. The van der Waals surface area contributed by atoms with Crippen molar-refractivity contribution >= 4 is 23.4 Å². The molecule has 0 saturated carbocycles. The van der Waals surface area contributed by atoms with Gasteiger partial charge >= 0.3 is 0 Å². The van der Waals surface area contributed by atoms with Crippen molar-refractivity contribution in [1.29, 1.82) is 0 Å². The van der Waals surface area contributed by atoms with E-state index in [1.54, 1.807) is 6.07 Å². The van der Waals surface area contributed by atoms with Gasteiger partial charge in [-0.3, -0.25) is 0 Å². The lowest BCUT2D eigenvalue weighted by Gasteiger charge is -2.23. The van der Waals surface area contributed by atoms with Crippen molar-refractivity contribution < 1.29 is 4.39 Å². The predicted octanol–water partition coefficient (Wildman–Crippen LogP) is 4.33. The Morgan fingerprint density at radius 2 is 2.14 bits per heavy atom. The van der Waals surface area contributed by atoms with Gasteiger partial charge in [0, 0.05) is 21.2 Å². The van der Waals surface area contributed by atoms with Crippen LogP contribution in [0.1, 0.15) is 11.1 Å². The van der Waals surface area contributed by atoms with Gasteiger partial charge in [-0.25, -0.2) is 4.39 Å². The molecule has 1 aliphatic heterocycles. The second-order valence-corrected chi connectivity index (χ2v) is 6.99. The highest BCUT2D eigenvalue weighted by atomic mass is 35.5. The number of rotatable bonds is 4. The van der Waals surface area contributed by atoms with Gasteiger partial charge in [-0.05, 0) is 49.2 Å². The Morgan fingerprint density at radius 3 is 2.86 bits per heavy atom. The average molecular weight is 322 g/mol. The number of nitrogens with one attached hydrogen (secondary N) is 1. The van der Waals surface area contributed by atoms with Crippen molar-refractivity contribution in [1.82, 2.24) is 5.32 Å². The summed E-state index contributed by atoms with van der Waals surface area (Å²) in [6.45, 7) is 0. The van der Waals surface area contributed by atoms with Crippen LogP contribution < -0.4 is 5.32 Å². The summed E-state index contributed by atoms with van der Waals surface area (Å²) in [5, 5.41) is 4.39. The van der Waals surface area contributed by atoms with Crippen molar-refractivity contribution in [3.05, 3.63) is 64.4 Å². The first-order valence-corrected chi connectivity index (χ1v) is 8.29. The molecule has 2 aromatic rings. The molecule has 2 aromatic carbocycles. The van der Waals surface area contributed by atoms with E-state index in [0.717, 1.165) is 18.4 Å². The van der Waals surface area contributed by atoms with Gasteiger partial charge in [0.15, 0.2) is 0 Å². The summed E-state index contributed by atoms with van der Waals surface area (Å²) in [7, 11) is 1.98. The van der Waals surface area contributed by atoms with Crippen molar-refractivity contribution in [2.24, 2.45) is 0 Å². The fraction of sp³-hybridized carbons (Fsp3) is 0.294. The van der Waals surface area contributed by atoms with E-state index in [1.165, 1.54) is 22.6 Å². The van der Waals surface area contributed by atoms with Gasteiger partial charge in [-0.15, -0.1) is 11.8 Å². The number of halogens is 2. The SMILES string of the molecule is CNC(Cc1ccc(F)cc1Cl)C1Cc2ccccc2S1. The van der Waals surface area contributed by atoms with Gasteiger partial charge in [0.2, 0.25) is 0 Å². The molecule has 0 aliphatic carbocycles. The molecule has 2 unspecified atom stereocenters. The Hall–Kier alpha value is -1.03. The number of fused-ring (bicyclic) bond motifs is 1. The Labute approximate surface area is 133 Å². The zero-order valence-corrected chi connectivity index (χ0v) is 13.3. The van der Waals surface area contributed by atoms with E-state index in [-0.39, 0.29) is 5.82 Å². The molecule has 0 fully saturated rings. The highest BCUT2D eigenvalue weighted by Gasteiger charge is 2.28. The Kier molecular flexibility index (Phi) is 4.53. The summed E-state index contributed by atoms with van der Waals surface area (Å²) < 4.78 is 13.1. The maximum atomic E-state index is 13.1. The molecule has 21 heavy (non-hydrogen) atoms. The topological polar surface area (TPSA) is 12.0 Å². The van der Waals surface area contributed by atoms with Crippen LogP contribution in [0.3, 0.4) is 0 Å². The van der Waals surface area contributed by atoms with Crippen molar-refractivity contribution in [3.8, 4) is 0 Å². The molecule has 0 radical (unpaired) electrons. The zero-order chi connectivity index (χ0) is 14.8. The first-order valence-electron chi connectivity index (χ1n) is 7.03. The van der Waals surface area contributed by atoms with Crippen LogP contribution in [-0.2, 0) is 12.8 Å². The summed E-state index contributed by atoms with van der Waals surface area (Å²) >= 11 is 8.07. The maximum absolute atomic E-state index is 13.1. The molecule has 0 saturated heterocycles. The Morgan fingerprint density at radius 1 is 1.33 bits per heavy atom. The largest absolute Gasteiger partial charge is 0.316 e. The molecule has 3 rings (SSSR count). The van der Waals surface area contributed by atoms with Gasteiger partial charge in [0.05, 0.1) is 0 Å². The lowest BCUT2D eigenvalue weighted by molar-refractivity contribution is 0.536. The molecule has 110 valence electrons. The molecule has 1 heterocycles. The van der Waals surface area contributed by atoms with Crippen LogP contribution in [0, 0.1) is 5.82 Å². The normalized spacial score (nSPS) is 18.5. The fourth-order valence-corrected chi connectivity index (χ4v) is 4.47. The van der Waals surface area contributed by atoms with E-state index in [0.29, 0.717) is 16.3 Å². The summed E-state index contributed by atoms with van der Waals surface area (Å²) in [6, 6.07) is 13.5. The van der Waals surface area contributed by atoms with Crippen LogP contribution in [0.15, 0.2) is 47.4 Å². The first-order chi connectivity index (χ1) is 10.2. The maximum Gasteiger partial charge on any atom is 0.124 e. The zero-order valence-electron chi connectivity index (χ0n) is 11.8. The lowest BCUT2D eigenvalue weighted by atomic mass is 9.99. The molecular weight excluding hydrogens is 305 g/mol. The molecule has 0 amide bonds. The molecule has 1 aliphatic rings.